The van der Waals surface area contributed by atoms with Gasteiger partial charge in [0.15, 0.2) is 5.75 Å². The molecule has 2 aromatic carbocycles. The molecule has 1 aliphatic heterocycles. The molecule has 16 heavy (non-hydrogen) atoms. The predicted molar refractivity (Wildman–Crippen MR) is 57.2 cm³/mol. The van der Waals surface area contributed by atoms with Gasteiger partial charge in [-0.3, -0.25) is 0 Å². The molecule has 3 nitrogen and oxygen atoms in total. The normalized spacial score (nSPS) is 12.8. The van der Waals surface area contributed by atoms with E-state index in [1.807, 2.05) is 18.2 Å². The van der Waals surface area contributed by atoms with Crippen LogP contribution in [0.4, 0.5) is 10.1 Å². The highest BCUT2D eigenvalue weighted by atomic mass is 19.1. The van der Waals surface area contributed by atoms with Crippen LogP contribution in [0.2, 0.25) is 0 Å². The summed E-state index contributed by atoms with van der Waals surface area (Å²) in [4.78, 5) is 9.55. The van der Waals surface area contributed by atoms with Gasteiger partial charge in [0, 0.05) is 5.56 Å². The molecule has 0 fully saturated rings. The van der Waals surface area contributed by atoms with E-state index >= 15 is 0 Å². The summed E-state index contributed by atoms with van der Waals surface area (Å²) in [6.07, 6.45) is 0. The molecule has 0 radical (unpaired) electrons. The maximum atomic E-state index is 13.1. The molecule has 80 valence electrons. The third kappa shape index (κ3) is 1.40. The molecule has 4 heteroatoms. The van der Waals surface area contributed by atoms with E-state index in [-0.39, 0.29) is 5.82 Å². The minimum Gasteiger partial charge on any atom is -0.312 e. The molecule has 0 spiro atoms. The van der Waals surface area contributed by atoms with Crippen molar-refractivity contribution in [3.05, 3.63) is 48.3 Å². The zero-order valence-corrected chi connectivity index (χ0v) is 8.24. The van der Waals surface area contributed by atoms with Crippen molar-refractivity contribution in [1.29, 1.82) is 0 Å². The minimum absolute atomic E-state index is 0.269. The Balaban J connectivity index is 2.17. The van der Waals surface area contributed by atoms with Crippen LogP contribution in [0.15, 0.2) is 42.5 Å². The lowest BCUT2D eigenvalue weighted by Gasteiger charge is -2.04. The van der Waals surface area contributed by atoms with Gasteiger partial charge in [0.25, 0.3) is 0 Å². The molecule has 0 saturated heterocycles. The lowest BCUT2D eigenvalue weighted by Crippen LogP contribution is -1.93. The second kappa shape index (κ2) is 3.50. The minimum atomic E-state index is -0.269. The van der Waals surface area contributed by atoms with Crippen LogP contribution >= 0.6 is 0 Å². The lowest BCUT2D eigenvalue weighted by molar-refractivity contribution is -0.160. The SMILES string of the molecule is Fc1cccc(-c2cccc3c2NOO3)c1. The Morgan fingerprint density at radius 1 is 1.06 bits per heavy atom. The lowest BCUT2D eigenvalue weighted by atomic mass is 10.0. The van der Waals surface area contributed by atoms with Gasteiger partial charge in [-0.2, -0.15) is 0 Å². The van der Waals surface area contributed by atoms with Crippen LogP contribution in [0.5, 0.6) is 5.75 Å². The molecule has 2 aromatic rings. The molecule has 0 saturated carbocycles. The second-order valence-electron chi connectivity index (χ2n) is 3.46. The van der Waals surface area contributed by atoms with Gasteiger partial charge in [-0.25, -0.2) is 9.87 Å². The first-order valence-corrected chi connectivity index (χ1v) is 4.83. The summed E-state index contributed by atoms with van der Waals surface area (Å²) >= 11 is 0. The van der Waals surface area contributed by atoms with Gasteiger partial charge in [0.05, 0.1) is 0 Å². The van der Waals surface area contributed by atoms with E-state index in [2.05, 4.69) is 10.5 Å². The van der Waals surface area contributed by atoms with Crippen molar-refractivity contribution in [2.24, 2.45) is 0 Å². The summed E-state index contributed by atoms with van der Waals surface area (Å²) < 4.78 is 13.1. The summed E-state index contributed by atoms with van der Waals surface area (Å²) in [5.41, 5.74) is 4.98. The fourth-order valence-corrected chi connectivity index (χ4v) is 1.71. The summed E-state index contributed by atoms with van der Waals surface area (Å²) in [5, 5.41) is 0. The smallest absolute Gasteiger partial charge is 0.194 e. The number of para-hydroxylation sites is 1. The van der Waals surface area contributed by atoms with Crippen LogP contribution in [0.1, 0.15) is 0 Å². The largest absolute Gasteiger partial charge is 0.312 e. The zero-order valence-electron chi connectivity index (χ0n) is 8.24. The molecule has 0 amide bonds. The van der Waals surface area contributed by atoms with Gasteiger partial charge in [0.1, 0.15) is 11.5 Å². The third-order valence-corrected chi connectivity index (χ3v) is 2.44. The average Bonchev–Trinajstić information content (AvgIpc) is 2.76. The standard InChI is InChI=1S/C12H8FNO2/c13-9-4-1-3-8(7-9)10-5-2-6-11-12(10)14-16-15-11/h1-7,14H. The maximum Gasteiger partial charge on any atom is 0.194 e. The molecule has 0 atom stereocenters. The number of hydrogen-bond acceptors (Lipinski definition) is 3. The second-order valence-corrected chi connectivity index (χ2v) is 3.46. The van der Waals surface area contributed by atoms with Crippen LogP contribution in [-0.2, 0) is 4.99 Å². The van der Waals surface area contributed by atoms with Crippen LogP contribution < -0.4 is 10.4 Å². The number of halogens is 1. The quantitative estimate of drug-likeness (QED) is 0.744. The van der Waals surface area contributed by atoms with Crippen molar-refractivity contribution in [2.75, 3.05) is 5.48 Å². The predicted octanol–water partition coefficient (Wildman–Crippen LogP) is 3.14. The molecule has 1 aliphatic rings. The van der Waals surface area contributed by atoms with Gasteiger partial charge in [-0.1, -0.05) is 29.3 Å². The van der Waals surface area contributed by atoms with Crippen molar-refractivity contribution in [1.82, 2.24) is 0 Å². The molecule has 0 aromatic heterocycles. The number of anilines is 1. The third-order valence-electron chi connectivity index (χ3n) is 2.44. The van der Waals surface area contributed by atoms with Crippen molar-refractivity contribution in [2.45, 2.75) is 0 Å². The topological polar surface area (TPSA) is 30.5 Å². The maximum absolute atomic E-state index is 13.1. The van der Waals surface area contributed by atoms with E-state index in [9.17, 15) is 4.39 Å². The van der Waals surface area contributed by atoms with Crippen LogP contribution in [0, 0.1) is 5.82 Å². The van der Waals surface area contributed by atoms with Crippen molar-refractivity contribution in [3.8, 4) is 16.9 Å². The Bertz CT molecular complexity index is 542. The molecular formula is C12H8FNO2. The van der Waals surface area contributed by atoms with E-state index in [0.29, 0.717) is 11.4 Å². The molecular weight excluding hydrogens is 209 g/mol. The van der Waals surface area contributed by atoms with Crippen LogP contribution in [0.3, 0.4) is 0 Å². The monoisotopic (exact) mass is 217 g/mol. The highest BCUT2D eigenvalue weighted by Gasteiger charge is 2.17. The first-order chi connectivity index (χ1) is 7.84. The van der Waals surface area contributed by atoms with Gasteiger partial charge >= 0.3 is 0 Å². The Hall–Kier alpha value is -2.07. The van der Waals surface area contributed by atoms with Gasteiger partial charge in [-0.15, -0.1) is 0 Å². The molecule has 0 bridgehead atoms. The highest BCUT2D eigenvalue weighted by molar-refractivity contribution is 5.82. The summed E-state index contributed by atoms with van der Waals surface area (Å²) in [6.45, 7) is 0. The first kappa shape index (κ1) is 9.18. The van der Waals surface area contributed by atoms with E-state index in [1.165, 1.54) is 12.1 Å². The number of benzene rings is 2. The Morgan fingerprint density at radius 2 is 1.94 bits per heavy atom. The summed E-state index contributed by atoms with van der Waals surface area (Å²) in [5.74, 6) is 0.330. The fourth-order valence-electron chi connectivity index (χ4n) is 1.71. The van der Waals surface area contributed by atoms with Crippen molar-refractivity contribution >= 4 is 5.69 Å². The number of rotatable bonds is 1. The molecule has 0 unspecified atom stereocenters. The molecule has 1 heterocycles. The van der Waals surface area contributed by atoms with E-state index in [0.717, 1.165) is 11.1 Å². The van der Waals surface area contributed by atoms with Crippen molar-refractivity contribution < 1.29 is 14.3 Å². The molecule has 3 rings (SSSR count). The number of nitrogens with one attached hydrogen (secondary N) is 1. The van der Waals surface area contributed by atoms with Crippen LogP contribution in [-0.4, -0.2) is 0 Å². The fraction of sp³-hybridized carbons (Fsp3) is 0. The zero-order chi connectivity index (χ0) is 11.0. The van der Waals surface area contributed by atoms with Gasteiger partial charge < -0.3 is 4.89 Å². The van der Waals surface area contributed by atoms with Crippen LogP contribution in [0.25, 0.3) is 11.1 Å². The average molecular weight is 217 g/mol. The van der Waals surface area contributed by atoms with E-state index < -0.39 is 0 Å². The Morgan fingerprint density at radius 3 is 2.81 bits per heavy atom. The highest BCUT2D eigenvalue weighted by Crippen LogP contribution is 2.38. The Labute approximate surface area is 91.3 Å². The van der Waals surface area contributed by atoms with Gasteiger partial charge in [-0.05, 0) is 23.8 Å². The molecule has 1 N–H and O–H groups in total. The molecule has 0 aliphatic carbocycles. The summed E-state index contributed by atoms with van der Waals surface area (Å²) in [7, 11) is 0. The first-order valence-electron chi connectivity index (χ1n) is 4.83. The number of hydrogen-bond donors (Lipinski definition) is 1. The van der Waals surface area contributed by atoms with Gasteiger partial charge in [0.2, 0.25) is 0 Å². The van der Waals surface area contributed by atoms with Crippen molar-refractivity contribution in [3.63, 3.8) is 0 Å². The van der Waals surface area contributed by atoms with E-state index in [1.54, 1.807) is 12.1 Å². The Kier molecular flexibility index (Phi) is 2.01. The van der Waals surface area contributed by atoms with E-state index in [4.69, 9.17) is 4.89 Å². The number of fused-ring (bicyclic) bond motifs is 1. The summed E-state index contributed by atoms with van der Waals surface area (Å²) in [6, 6.07) is 11.9.